The molecule has 0 N–H and O–H groups in total. The van der Waals surface area contributed by atoms with Crippen LogP contribution < -0.4 is 0 Å². The second-order valence-electron chi connectivity index (χ2n) is 20.2. The number of hydrogen-bond acceptors (Lipinski definition) is 6. The zero-order chi connectivity index (χ0) is 54.3. The Morgan fingerprint density at radius 1 is 0.280 bits per heavy atom. The number of carbonyl (C=O) groups is 3. The Balaban J connectivity index is 4.51. The molecule has 0 bridgehead atoms. The molecular weight excluding hydrogens is 925 g/mol. The van der Waals surface area contributed by atoms with Gasteiger partial charge in [-0.3, -0.25) is 14.4 Å². The molecule has 0 amide bonds. The van der Waals surface area contributed by atoms with E-state index in [-0.39, 0.29) is 37.5 Å². The second-order valence-corrected chi connectivity index (χ2v) is 20.2. The number of esters is 3. The number of hydrogen-bond donors (Lipinski definition) is 0. The summed E-state index contributed by atoms with van der Waals surface area (Å²) >= 11 is 0. The normalized spacial score (nSPS) is 12.9. The van der Waals surface area contributed by atoms with Gasteiger partial charge in [0.05, 0.1) is 0 Å². The lowest BCUT2D eigenvalue weighted by Gasteiger charge is -2.18. The maximum atomic E-state index is 12.9. The Kier molecular flexibility index (Phi) is 58.9. The molecule has 0 saturated carbocycles. The lowest BCUT2D eigenvalue weighted by Crippen LogP contribution is -2.30. The van der Waals surface area contributed by atoms with Gasteiger partial charge < -0.3 is 14.2 Å². The average Bonchev–Trinajstić information content (AvgIpc) is 3.41. The van der Waals surface area contributed by atoms with Gasteiger partial charge in [0, 0.05) is 19.3 Å². The lowest BCUT2D eigenvalue weighted by atomic mass is 10.1. The fourth-order valence-electron chi connectivity index (χ4n) is 8.29. The summed E-state index contributed by atoms with van der Waals surface area (Å²) < 4.78 is 16.8. The van der Waals surface area contributed by atoms with E-state index in [1.54, 1.807) is 0 Å². The van der Waals surface area contributed by atoms with Crippen molar-refractivity contribution in [1.29, 1.82) is 0 Å². The Morgan fingerprint density at radius 3 is 0.893 bits per heavy atom. The topological polar surface area (TPSA) is 78.9 Å². The van der Waals surface area contributed by atoms with Crippen LogP contribution in [0, 0.1) is 0 Å². The minimum absolute atomic E-state index is 0.107. The molecule has 0 heterocycles. The van der Waals surface area contributed by atoms with Crippen molar-refractivity contribution in [2.75, 3.05) is 13.2 Å². The van der Waals surface area contributed by atoms with E-state index in [0.29, 0.717) is 19.3 Å². The second kappa shape index (κ2) is 62.4. The molecule has 6 heteroatoms. The highest BCUT2D eigenvalue weighted by Gasteiger charge is 2.19. The molecule has 0 unspecified atom stereocenters. The van der Waals surface area contributed by atoms with Crippen LogP contribution in [0.4, 0.5) is 0 Å². The van der Waals surface area contributed by atoms with Crippen LogP contribution >= 0.6 is 0 Å². The Morgan fingerprint density at radius 2 is 0.547 bits per heavy atom. The van der Waals surface area contributed by atoms with Crippen molar-refractivity contribution in [1.82, 2.24) is 0 Å². The van der Waals surface area contributed by atoms with Gasteiger partial charge in [-0.2, -0.15) is 0 Å². The number of ether oxygens (including phenoxy) is 3. The summed E-state index contributed by atoms with van der Waals surface area (Å²) in [4.78, 5) is 38.3. The number of carbonyl (C=O) groups excluding carboxylic acids is 3. The molecule has 0 aromatic heterocycles. The van der Waals surface area contributed by atoms with Gasteiger partial charge in [0.2, 0.25) is 0 Å². The van der Waals surface area contributed by atoms with E-state index in [2.05, 4.69) is 136 Å². The molecule has 6 nitrogen and oxygen atoms in total. The highest BCUT2D eigenvalue weighted by molar-refractivity contribution is 5.71. The van der Waals surface area contributed by atoms with E-state index in [9.17, 15) is 14.4 Å². The minimum Gasteiger partial charge on any atom is -0.462 e. The van der Waals surface area contributed by atoms with Crippen LogP contribution in [0.25, 0.3) is 0 Å². The molecule has 0 aliphatic rings. The maximum Gasteiger partial charge on any atom is 0.306 e. The van der Waals surface area contributed by atoms with E-state index in [1.807, 2.05) is 6.08 Å². The van der Waals surface area contributed by atoms with Crippen LogP contribution in [-0.2, 0) is 28.6 Å². The van der Waals surface area contributed by atoms with Crippen molar-refractivity contribution in [3.63, 3.8) is 0 Å². The van der Waals surface area contributed by atoms with Crippen molar-refractivity contribution in [2.24, 2.45) is 0 Å². The SMILES string of the molecule is CC/C=C\C/C=C\C/C=C\C/C=C\C/C=C\C/C=C\CCC(=O)OC[C@@H](COC(=O)CCCCCCCCCCC/C=C\C/C=C\CCCCC)OC(=O)CCCCCCCCCCC/C=C\C/C=C\CCCCC. The minimum atomic E-state index is -0.817. The van der Waals surface area contributed by atoms with Gasteiger partial charge in [0.25, 0.3) is 0 Å². The van der Waals surface area contributed by atoms with Gasteiger partial charge in [0.1, 0.15) is 13.2 Å². The van der Waals surface area contributed by atoms with E-state index >= 15 is 0 Å². The highest BCUT2D eigenvalue weighted by Crippen LogP contribution is 2.15. The molecule has 0 aromatic rings. The fraction of sp³-hybridized carbons (Fsp3) is 0.667. The third-order valence-corrected chi connectivity index (χ3v) is 12.9. The summed E-state index contributed by atoms with van der Waals surface area (Å²) in [5.41, 5.74) is 0. The van der Waals surface area contributed by atoms with Crippen LogP contribution in [0.15, 0.2) is 122 Å². The maximum absolute atomic E-state index is 12.9. The highest BCUT2D eigenvalue weighted by atomic mass is 16.6. The van der Waals surface area contributed by atoms with Gasteiger partial charge in [-0.1, -0.05) is 258 Å². The van der Waals surface area contributed by atoms with Crippen LogP contribution in [0.5, 0.6) is 0 Å². The van der Waals surface area contributed by atoms with Gasteiger partial charge in [0.15, 0.2) is 6.10 Å². The van der Waals surface area contributed by atoms with Crippen molar-refractivity contribution < 1.29 is 28.6 Å². The third-order valence-electron chi connectivity index (χ3n) is 12.9. The van der Waals surface area contributed by atoms with Gasteiger partial charge in [-0.15, -0.1) is 0 Å². The summed E-state index contributed by atoms with van der Waals surface area (Å²) in [6.07, 6.45) is 86.3. The predicted molar refractivity (Wildman–Crippen MR) is 325 cm³/mol. The first kappa shape index (κ1) is 70.8. The lowest BCUT2D eigenvalue weighted by molar-refractivity contribution is -0.166. The third kappa shape index (κ3) is 60.6. The van der Waals surface area contributed by atoms with Crippen LogP contribution in [0.2, 0.25) is 0 Å². The molecule has 0 aliphatic heterocycles. The molecule has 426 valence electrons. The number of rotatable bonds is 55. The van der Waals surface area contributed by atoms with Gasteiger partial charge >= 0.3 is 17.9 Å². The van der Waals surface area contributed by atoms with E-state index in [4.69, 9.17) is 14.2 Å². The van der Waals surface area contributed by atoms with Crippen LogP contribution in [0.3, 0.4) is 0 Å². The molecule has 0 aromatic carbocycles. The van der Waals surface area contributed by atoms with E-state index < -0.39 is 6.10 Å². The first-order chi connectivity index (χ1) is 37.0. The summed E-state index contributed by atoms with van der Waals surface area (Å²) in [5.74, 6) is -1.000. The first-order valence-corrected chi connectivity index (χ1v) is 31.0. The molecule has 75 heavy (non-hydrogen) atoms. The largest absolute Gasteiger partial charge is 0.462 e. The van der Waals surface area contributed by atoms with Crippen molar-refractivity contribution in [3.05, 3.63) is 122 Å². The number of unbranched alkanes of at least 4 members (excludes halogenated alkanes) is 24. The molecule has 0 rings (SSSR count). The summed E-state index contributed by atoms with van der Waals surface area (Å²) in [7, 11) is 0. The van der Waals surface area contributed by atoms with Crippen LogP contribution in [-0.4, -0.2) is 37.2 Å². The van der Waals surface area contributed by atoms with Crippen molar-refractivity contribution >= 4 is 17.9 Å². The fourth-order valence-corrected chi connectivity index (χ4v) is 8.29. The summed E-state index contributed by atoms with van der Waals surface area (Å²) in [6, 6.07) is 0. The molecule has 0 fully saturated rings. The Labute approximate surface area is 462 Å². The Hall–Kier alpha value is -4.19. The van der Waals surface area contributed by atoms with Crippen molar-refractivity contribution in [2.45, 2.75) is 284 Å². The molecule has 0 saturated heterocycles. The summed E-state index contributed by atoms with van der Waals surface area (Å²) in [6.45, 7) is 6.42. The van der Waals surface area contributed by atoms with E-state index in [1.165, 1.54) is 141 Å². The molecule has 0 aliphatic carbocycles. The van der Waals surface area contributed by atoms with E-state index in [0.717, 1.165) is 89.9 Å². The standard InChI is InChI=1S/C69H114O6/c1-4-7-10-13-16-19-22-25-28-31-34-37-40-43-46-49-52-55-58-61-67(70)73-64-66(75-69(72)63-60-57-54-51-48-45-42-39-36-33-30-27-24-21-18-15-12-9-6-3)65-74-68(71)62-59-56-53-50-47-44-41-38-35-32-29-26-23-20-17-14-11-8-5-2/h7,10,16-21,25-30,34,37,43,46,52,55,66H,4-6,8-9,11-15,22-24,31-33,35-36,38-42,44-45,47-51,53-54,56-65H2,1-3H3/b10-7-,19-16-,20-17-,21-18-,28-25-,29-26-,30-27-,37-34-,46-43-,55-52-/t66-/m0/s1. The first-order valence-electron chi connectivity index (χ1n) is 31.0. The number of allylic oxidation sites excluding steroid dienone is 20. The van der Waals surface area contributed by atoms with Crippen molar-refractivity contribution in [3.8, 4) is 0 Å². The smallest absolute Gasteiger partial charge is 0.306 e. The van der Waals surface area contributed by atoms with Gasteiger partial charge in [-0.05, 0) is 122 Å². The molecule has 0 radical (unpaired) electrons. The quantitative estimate of drug-likeness (QED) is 0.0261. The molecule has 0 spiro atoms. The molecular formula is C69H114O6. The summed E-state index contributed by atoms with van der Waals surface area (Å²) in [5, 5.41) is 0. The molecule has 1 atom stereocenters. The Bertz CT molecular complexity index is 1570. The zero-order valence-corrected chi connectivity index (χ0v) is 48.8. The van der Waals surface area contributed by atoms with Crippen LogP contribution in [0.1, 0.15) is 278 Å². The predicted octanol–water partition coefficient (Wildman–Crippen LogP) is 21.2. The van der Waals surface area contributed by atoms with Gasteiger partial charge in [-0.25, -0.2) is 0 Å². The monoisotopic (exact) mass is 1040 g/mol. The zero-order valence-electron chi connectivity index (χ0n) is 48.8. The average molecular weight is 1040 g/mol.